The lowest BCUT2D eigenvalue weighted by Gasteiger charge is -2.14. The van der Waals surface area contributed by atoms with Crippen LogP contribution in [0.25, 0.3) is 6.08 Å². The fraction of sp³-hybridized carbons (Fsp3) is 0.214. The first-order valence-corrected chi connectivity index (χ1v) is 6.77. The number of nitrogens with zero attached hydrogens (tertiary/aromatic N) is 3. The van der Waals surface area contributed by atoms with Gasteiger partial charge in [0.25, 0.3) is 0 Å². The number of likely N-dealkylation sites (N-methyl/N-ethyl adjacent to an activating group) is 1. The van der Waals surface area contributed by atoms with Crippen molar-refractivity contribution >= 4 is 23.3 Å². The molecule has 2 rings (SSSR count). The Labute approximate surface area is 116 Å². The summed E-state index contributed by atoms with van der Waals surface area (Å²) in [4.78, 5) is 21.9. The summed E-state index contributed by atoms with van der Waals surface area (Å²) in [6.07, 6.45) is 6.77. The minimum absolute atomic E-state index is 0.0468. The summed E-state index contributed by atoms with van der Waals surface area (Å²) in [5.41, 5.74) is 1.84. The maximum atomic E-state index is 11.9. The van der Waals surface area contributed by atoms with E-state index in [1.165, 1.54) is 0 Å². The Morgan fingerprint density at radius 1 is 1.53 bits per heavy atom. The van der Waals surface area contributed by atoms with Crippen LogP contribution in [0.2, 0.25) is 0 Å². The van der Waals surface area contributed by atoms with Crippen molar-refractivity contribution in [2.75, 3.05) is 7.05 Å². The largest absolute Gasteiger partial charge is 0.338 e. The molecule has 2 aromatic rings. The molecule has 0 saturated heterocycles. The molecule has 0 aromatic carbocycles. The number of amides is 1. The quantitative estimate of drug-likeness (QED) is 0.804. The van der Waals surface area contributed by atoms with E-state index in [1.54, 1.807) is 47.8 Å². The maximum absolute atomic E-state index is 11.9. The van der Waals surface area contributed by atoms with Crippen LogP contribution in [0.3, 0.4) is 0 Å². The highest BCUT2D eigenvalue weighted by Crippen LogP contribution is 2.09. The number of hydrogen-bond donors (Lipinski definition) is 0. The molecule has 2 heterocycles. The van der Waals surface area contributed by atoms with Gasteiger partial charge in [0, 0.05) is 37.4 Å². The lowest BCUT2D eigenvalue weighted by molar-refractivity contribution is -0.125. The zero-order chi connectivity index (χ0) is 13.7. The molecule has 0 aliphatic heterocycles. The van der Waals surface area contributed by atoms with E-state index in [0.717, 1.165) is 16.3 Å². The standard InChI is InChI=1S/C14H15N3OS/c1-11-16-13(10-19-11)5-6-14(18)17(2)9-12-4-3-7-15-8-12/h3-8,10H,9H2,1-2H3. The van der Waals surface area contributed by atoms with Gasteiger partial charge in [-0.25, -0.2) is 4.98 Å². The molecule has 19 heavy (non-hydrogen) atoms. The van der Waals surface area contributed by atoms with Crippen LogP contribution >= 0.6 is 11.3 Å². The topological polar surface area (TPSA) is 46.1 Å². The van der Waals surface area contributed by atoms with Crippen LogP contribution in [-0.2, 0) is 11.3 Å². The highest BCUT2D eigenvalue weighted by atomic mass is 32.1. The van der Waals surface area contributed by atoms with Gasteiger partial charge in [-0.2, -0.15) is 0 Å². The number of rotatable bonds is 4. The molecule has 98 valence electrons. The van der Waals surface area contributed by atoms with Gasteiger partial charge in [-0.1, -0.05) is 6.07 Å². The zero-order valence-electron chi connectivity index (χ0n) is 10.9. The summed E-state index contributed by atoms with van der Waals surface area (Å²) in [5, 5.41) is 2.93. The Balaban J connectivity index is 1.94. The van der Waals surface area contributed by atoms with Gasteiger partial charge in [-0.15, -0.1) is 11.3 Å². The SMILES string of the molecule is Cc1nc(C=CC(=O)N(C)Cc2cccnc2)cs1. The molecule has 0 aliphatic rings. The molecule has 2 aromatic heterocycles. The molecular formula is C14H15N3OS. The second-order valence-corrected chi connectivity index (χ2v) is 5.24. The molecule has 4 nitrogen and oxygen atoms in total. The van der Waals surface area contributed by atoms with Gasteiger partial charge in [0.2, 0.25) is 5.91 Å². The van der Waals surface area contributed by atoms with Crippen LogP contribution in [0.5, 0.6) is 0 Å². The molecular weight excluding hydrogens is 258 g/mol. The second kappa shape index (κ2) is 6.24. The van der Waals surface area contributed by atoms with Crippen LogP contribution in [0.15, 0.2) is 36.0 Å². The van der Waals surface area contributed by atoms with E-state index < -0.39 is 0 Å². The average Bonchev–Trinajstić information content (AvgIpc) is 2.83. The van der Waals surface area contributed by atoms with Crippen LogP contribution in [0, 0.1) is 6.92 Å². The minimum Gasteiger partial charge on any atom is -0.338 e. The van der Waals surface area contributed by atoms with Crippen molar-refractivity contribution in [2.24, 2.45) is 0 Å². The lowest BCUT2D eigenvalue weighted by Crippen LogP contribution is -2.24. The fourth-order valence-electron chi connectivity index (χ4n) is 1.58. The average molecular weight is 273 g/mol. The van der Waals surface area contributed by atoms with Crippen LogP contribution in [-0.4, -0.2) is 27.8 Å². The van der Waals surface area contributed by atoms with Crippen molar-refractivity contribution in [3.05, 3.63) is 52.2 Å². The molecule has 0 aliphatic carbocycles. The lowest BCUT2D eigenvalue weighted by atomic mass is 10.2. The highest BCUT2D eigenvalue weighted by Gasteiger charge is 2.05. The van der Waals surface area contributed by atoms with Crippen molar-refractivity contribution in [1.82, 2.24) is 14.9 Å². The van der Waals surface area contributed by atoms with Crippen molar-refractivity contribution in [1.29, 1.82) is 0 Å². The molecule has 0 unspecified atom stereocenters. The Morgan fingerprint density at radius 2 is 2.37 bits per heavy atom. The Morgan fingerprint density at radius 3 is 3.00 bits per heavy atom. The predicted octanol–water partition coefficient (Wildman–Crippen LogP) is 2.52. The van der Waals surface area contributed by atoms with Crippen molar-refractivity contribution in [2.45, 2.75) is 13.5 Å². The molecule has 0 atom stereocenters. The predicted molar refractivity (Wildman–Crippen MR) is 76.6 cm³/mol. The van der Waals surface area contributed by atoms with Crippen molar-refractivity contribution < 1.29 is 4.79 Å². The van der Waals surface area contributed by atoms with E-state index in [9.17, 15) is 4.79 Å². The summed E-state index contributed by atoms with van der Waals surface area (Å²) >= 11 is 1.57. The summed E-state index contributed by atoms with van der Waals surface area (Å²) in [6, 6.07) is 3.81. The van der Waals surface area contributed by atoms with E-state index in [4.69, 9.17) is 0 Å². The third kappa shape index (κ3) is 3.99. The molecule has 0 bridgehead atoms. The molecule has 0 fully saturated rings. The van der Waals surface area contributed by atoms with Crippen molar-refractivity contribution in [3.63, 3.8) is 0 Å². The highest BCUT2D eigenvalue weighted by molar-refractivity contribution is 7.09. The van der Waals surface area contributed by atoms with Gasteiger partial charge in [0.1, 0.15) is 0 Å². The maximum Gasteiger partial charge on any atom is 0.246 e. The third-order valence-corrected chi connectivity index (χ3v) is 3.34. The first-order valence-electron chi connectivity index (χ1n) is 5.89. The number of carbonyl (C=O) groups is 1. The number of pyridine rings is 1. The molecule has 0 N–H and O–H groups in total. The smallest absolute Gasteiger partial charge is 0.246 e. The van der Waals surface area contributed by atoms with E-state index in [2.05, 4.69) is 9.97 Å². The zero-order valence-corrected chi connectivity index (χ0v) is 11.7. The van der Waals surface area contributed by atoms with Crippen LogP contribution in [0.1, 0.15) is 16.3 Å². The van der Waals surface area contributed by atoms with Crippen molar-refractivity contribution in [3.8, 4) is 0 Å². The van der Waals surface area contributed by atoms with Gasteiger partial charge in [-0.05, 0) is 24.6 Å². The first-order chi connectivity index (χ1) is 9.15. The number of aromatic nitrogens is 2. The van der Waals surface area contributed by atoms with Crippen LogP contribution < -0.4 is 0 Å². The second-order valence-electron chi connectivity index (χ2n) is 4.18. The molecule has 0 spiro atoms. The molecule has 5 heteroatoms. The molecule has 0 radical (unpaired) electrons. The number of thiazole rings is 1. The normalized spacial score (nSPS) is 10.8. The molecule has 1 amide bonds. The minimum atomic E-state index is -0.0468. The Bertz CT molecular complexity index is 577. The van der Waals surface area contributed by atoms with Gasteiger partial charge in [0.05, 0.1) is 10.7 Å². The van der Waals surface area contributed by atoms with E-state index >= 15 is 0 Å². The summed E-state index contributed by atoms with van der Waals surface area (Å²) in [6.45, 7) is 2.49. The number of carbonyl (C=O) groups excluding carboxylic acids is 1. The van der Waals surface area contributed by atoms with E-state index in [0.29, 0.717) is 6.54 Å². The summed E-state index contributed by atoms with van der Waals surface area (Å²) in [7, 11) is 1.77. The van der Waals surface area contributed by atoms with E-state index in [1.807, 2.05) is 24.4 Å². The Kier molecular flexibility index (Phi) is 4.41. The van der Waals surface area contributed by atoms with E-state index in [-0.39, 0.29) is 5.91 Å². The Hall–Kier alpha value is -2.01. The number of hydrogen-bond acceptors (Lipinski definition) is 4. The van der Waals surface area contributed by atoms with Gasteiger partial charge >= 0.3 is 0 Å². The summed E-state index contributed by atoms with van der Waals surface area (Å²) in [5.74, 6) is -0.0468. The summed E-state index contributed by atoms with van der Waals surface area (Å²) < 4.78 is 0. The monoisotopic (exact) mass is 273 g/mol. The molecule has 0 saturated carbocycles. The van der Waals surface area contributed by atoms with Crippen LogP contribution in [0.4, 0.5) is 0 Å². The third-order valence-electron chi connectivity index (χ3n) is 2.55. The van der Waals surface area contributed by atoms with Gasteiger partial charge in [-0.3, -0.25) is 9.78 Å². The van der Waals surface area contributed by atoms with Gasteiger partial charge in [0.15, 0.2) is 0 Å². The van der Waals surface area contributed by atoms with Gasteiger partial charge < -0.3 is 4.90 Å². The fourth-order valence-corrected chi connectivity index (χ4v) is 2.16. The number of aryl methyl sites for hydroxylation is 1. The first kappa shape index (κ1) is 13.4.